The number of hydrogen-bond acceptors (Lipinski definition) is 2. The minimum atomic E-state index is -0.248. The van der Waals surface area contributed by atoms with Gasteiger partial charge < -0.3 is 4.74 Å². The maximum atomic E-state index is 10.7. The van der Waals surface area contributed by atoms with Crippen LogP contribution in [-0.4, -0.2) is 13.1 Å². The minimum absolute atomic E-state index is 0.248. The van der Waals surface area contributed by atoms with Crippen LogP contribution in [0, 0.1) is 5.92 Å². The summed E-state index contributed by atoms with van der Waals surface area (Å²) < 4.78 is 4.48. The number of methoxy groups -OCH3 is 1. The number of carbonyl (C=O) groups excluding carboxylic acids is 1. The molecule has 0 saturated heterocycles. The quantitative estimate of drug-likeness (QED) is 0.358. The molecule has 0 atom stereocenters. The maximum absolute atomic E-state index is 10.7. The van der Waals surface area contributed by atoms with Gasteiger partial charge in [-0.3, -0.25) is 0 Å². The first-order valence-electron chi connectivity index (χ1n) is 5.07. The molecule has 0 aromatic heterocycles. The lowest BCUT2D eigenvalue weighted by Crippen LogP contribution is -1.93. The molecule has 1 rings (SSSR count). The van der Waals surface area contributed by atoms with Crippen LogP contribution in [0.15, 0.2) is 12.2 Å². The Morgan fingerprint density at radius 3 is 2.85 bits per heavy atom. The van der Waals surface area contributed by atoms with Crippen LogP contribution in [0.3, 0.4) is 0 Å². The fourth-order valence-corrected chi connectivity index (χ4v) is 1.35. The predicted molar refractivity (Wildman–Crippen MR) is 52.3 cm³/mol. The Labute approximate surface area is 80.0 Å². The zero-order valence-electron chi connectivity index (χ0n) is 8.29. The predicted octanol–water partition coefficient (Wildman–Crippen LogP) is 2.69. The van der Waals surface area contributed by atoms with Crippen LogP contribution in [0.5, 0.6) is 0 Å². The molecular weight excluding hydrogens is 164 g/mol. The summed E-state index contributed by atoms with van der Waals surface area (Å²) in [4.78, 5) is 10.7. The van der Waals surface area contributed by atoms with E-state index in [9.17, 15) is 4.79 Å². The normalized spacial score (nSPS) is 16.4. The van der Waals surface area contributed by atoms with Crippen molar-refractivity contribution in [2.24, 2.45) is 5.92 Å². The Bertz CT molecular complexity index is 181. The molecule has 0 unspecified atom stereocenters. The van der Waals surface area contributed by atoms with Gasteiger partial charge in [-0.2, -0.15) is 0 Å². The van der Waals surface area contributed by atoms with Gasteiger partial charge in [-0.05, 0) is 18.8 Å². The van der Waals surface area contributed by atoms with Crippen molar-refractivity contribution in [3.63, 3.8) is 0 Å². The fourth-order valence-electron chi connectivity index (χ4n) is 1.35. The van der Waals surface area contributed by atoms with Gasteiger partial charge >= 0.3 is 5.97 Å². The van der Waals surface area contributed by atoms with E-state index >= 15 is 0 Å². The van der Waals surface area contributed by atoms with Crippen molar-refractivity contribution in [3.8, 4) is 0 Å². The van der Waals surface area contributed by atoms with Crippen LogP contribution in [0.25, 0.3) is 0 Å². The third-order valence-electron chi connectivity index (χ3n) is 2.39. The lowest BCUT2D eigenvalue weighted by Gasteiger charge is -1.95. The fraction of sp³-hybridized carbons (Fsp3) is 0.727. The van der Waals surface area contributed by atoms with Gasteiger partial charge in [-0.25, -0.2) is 4.79 Å². The van der Waals surface area contributed by atoms with Gasteiger partial charge in [0, 0.05) is 6.08 Å². The average molecular weight is 182 g/mol. The number of carbonyl (C=O) groups is 1. The second-order valence-electron chi connectivity index (χ2n) is 3.65. The average Bonchev–Trinajstić information content (AvgIpc) is 2.94. The zero-order valence-corrected chi connectivity index (χ0v) is 8.29. The molecule has 13 heavy (non-hydrogen) atoms. The third-order valence-corrected chi connectivity index (χ3v) is 2.39. The molecule has 0 spiro atoms. The highest BCUT2D eigenvalue weighted by Gasteiger charge is 2.19. The monoisotopic (exact) mass is 182 g/mol. The van der Waals surface area contributed by atoms with Gasteiger partial charge in [-0.1, -0.05) is 31.8 Å². The summed E-state index contributed by atoms with van der Waals surface area (Å²) in [5, 5.41) is 0. The highest BCUT2D eigenvalue weighted by Crippen LogP contribution is 2.33. The Morgan fingerprint density at radius 1 is 1.46 bits per heavy atom. The molecule has 0 heterocycles. The van der Waals surface area contributed by atoms with E-state index in [0.717, 1.165) is 12.3 Å². The summed E-state index contributed by atoms with van der Waals surface area (Å²) in [5.74, 6) is 0.784. The lowest BCUT2D eigenvalue weighted by molar-refractivity contribution is -0.134. The van der Waals surface area contributed by atoms with Crippen LogP contribution in [0.1, 0.15) is 38.5 Å². The number of esters is 1. The Hall–Kier alpha value is -0.790. The first kappa shape index (κ1) is 10.3. The molecule has 0 N–H and O–H groups in total. The van der Waals surface area contributed by atoms with Gasteiger partial charge in [-0.15, -0.1) is 0 Å². The molecule has 0 amide bonds. The maximum Gasteiger partial charge on any atom is 0.330 e. The van der Waals surface area contributed by atoms with Crippen LogP contribution in [-0.2, 0) is 9.53 Å². The molecule has 2 nitrogen and oxygen atoms in total. The highest BCUT2D eigenvalue weighted by molar-refractivity contribution is 5.81. The minimum Gasteiger partial charge on any atom is -0.466 e. The topological polar surface area (TPSA) is 26.3 Å². The molecule has 0 aromatic rings. The van der Waals surface area contributed by atoms with E-state index in [1.54, 1.807) is 0 Å². The van der Waals surface area contributed by atoms with E-state index in [1.807, 2.05) is 6.08 Å². The van der Waals surface area contributed by atoms with Crippen molar-refractivity contribution in [3.05, 3.63) is 12.2 Å². The SMILES string of the molecule is COC(=O)C=CCCCCC1CC1. The van der Waals surface area contributed by atoms with E-state index in [0.29, 0.717) is 0 Å². The van der Waals surface area contributed by atoms with Gasteiger partial charge in [0.1, 0.15) is 0 Å². The standard InChI is InChI=1S/C11H18O2/c1-13-11(12)7-5-3-2-4-6-10-8-9-10/h5,7,10H,2-4,6,8-9H2,1H3. The van der Waals surface area contributed by atoms with Crippen molar-refractivity contribution in [2.75, 3.05) is 7.11 Å². The Morgan fingerprint density at radius 2 is 2.23 bits per heavy atom. The molecular formula is C11H18O2. The largest absolute Gasteiger partial charge is 0.466 e. The highest BCUT2D eigenvalue weighted by atomic mass is 16.5. The smallest absolute Gasteiger partial charge is 0.330 e. The third kappa shape index (κ3) is 5.45. The lowest BCUT2D eigenvalue weighted by atomic mass is 10.1. The molecule has 74 valence electrons. The van der Waals surface area contributed by atoms with Crippen LogP contribution in [0.4, 0.5) is 0 Å². The van der Waals surface area contributed by atoms with Crippen LogP contribution >= 0.6 is 0 Å². The molecule has 0 aromatic carbocycles. The number of rotatable bonds is 6. The first-order valence-corrected chi connectivity index (χ1v) is 5.07. The number of ether oxygens (including phenoxy) is 1. The number of unbranched alkanes of at least 4 members (excludes halogenated alkanes) is 2. The van der Waals surface area contributed by atoms with Crippen molar-refractivity contribution in [1.29, 1.82) is 0 Å². The van der Waals surface area contributed by atoms with Crippen molar-refractivity contribution in [2.45, 2.75) is 38.5 Å². The summed E-state index contributed by atoms with van der Waals surface area (Å²) >= 11 is 0. The van der Waals surface area contributed by atoms with E-state index in [-0.39, 0.29) is 5.97 Å². The first-order chi connectivity index (χ1) is 6.33. The summed E-state index contributed by atoms with van der Waals surface area (Å²) in [6.45, 7) is 0. The molecule has 1 fully saturated rings. The summed E-state index contributed by atoms with van der Waals surface area (Å²) in [5.41, 5.74) is 0. The van der Waals surface area contributed by atoms with Gasteiger partial charge in [0.15, 0.2) is 0 Å². The van der Waals surface area contributed by atoms with Gasteiger partial charge in [0.2, 0.25) is 0 Å². The Balaban J connectivity index is 1.87. The molecule has 0 aliphatic heterocycles. The van der Waals surface area contributed by atoms with Gasteiger partial charge in [0.05, 0.1) is 7.11 Å². The molecule has 1 aliphatic rings. The van der Waals surface area contributed by atoms with Crippen LogP contribution in [0.2, 0.25) is 0 Å². The van der Waals surface area contributed by atoms with Gasteiger partial charge in [0.25, 0.3) is 0 Å². The Kier molecular flexibility index (Phi) is 4.58. The second kappa shape index (κ2) is 5.79. The van der Waals surface area contributed by atoms with E-state index in [4.69, 9.17) is 0 Å². The molecule has 1 aliphatic carbocycles. The molecule has 0 radical (unpaired) electrons. The molecule has 2 heteroatoms. The van der Waals surface area contributed by atoms with E-state index in [2.05, 4.69) is 4.74 Å². The van der Waals surface area contributed by atoms with Crippen molar-refractivity contribution in [1.82, 2.24) is 0 Å². The second-order valence-corrected chi connectivity index (χ2v) is 3.65. The molecule has 0 bridgehead atoms. The summed E-state index contributed by atoms with van der Waals surface area (Å²) in [6.07, 6.45) is 11.2. The van der Waals surface area contributed by atoms with E-state index < -0.39 is 0 Å². The number of hydrogen-bond donors (Lipinski definition) is 0. The zero-order chi connectivity index (χ0) is 9.52. The molecule has 1 saturated carbocycles. The van der Waals surface area contributed by atoms with E-state index in [1.165, 1.54) is 45.3 Å². The summed E-state index contributed by atoms with van der Waals surface area (Å²) in [6, 6.07) is 0. The summed E-state index contributed by atoms with van der Waals surface area (Å²) in [7, 11) is 1.40. The number of allylic oxidation sites excluding steroid dienone is 1. The van der Waals surface area contributed by atoms with Crippen LogP contribution < -0.4 is 0 Å². The van der Waals surface area contributed by atoms with Crippen molar-refractivity contribution >= 4 is 5.97 Å². The van der Waals surface area contributed by atoms with Crippen molar-refractivity contribution < 1.29 is 9.53 Å².